The molecule has 0 fully saturated rings. The Morgan fingerprint density at radius 3 is 2.65 bits per heavy atom. The lowest BCUT2D eigenvalue weighted by atomic mass is 10.0. The van der Waals surface area contributed by atoms with Crippen LogP contribution in [0.2, 0.25) is 0 Å². The maximum Gasteiger partial charge on any atom is 0.337 e. The number of rotatable bonds is 4. The van der Waals surface area contributed by atoms with Crippen LogP contribution in [-0.4, -0.2) is 34.5 Å². The van der Waals surface area contributed by atoms with Gasteiger partial charge in [-0.2, -0.15) is 0 Å². The number of esters is 1. The second kappa shape index (κ2) is 5.72. The number of aliphatic hydroxyl groups is 3. The Hall–Kier alpha value is -1.50. The average molecular weight is 244 g/mol. The molecule has 94 valence electrons. The normalized spacial score (nSPS) is 14.2. The summed E-state index contributed by atoms with van der Waals surface area (Å²) in [5.41, 5.74) is -0.298. The van der Waals surface area contributed by atoms with Crippen molar-refractivity contribution in [2.45, 2.75) is 18.8 Å². The number of methoxy groups -OCH3 is 1. The molecule has 0 saturated heterocycles. The second-order valence-corrected chi connectivity index (χ2v) is 3.39. The fourth-order valence-electron chi connectivity index (χ4n) is 1.37. The number of aliphatic hydroxyl groups excluding tert-OH is 3. The molecule has 6 heteroatoms. The zero-order chi connectivity index (χ0) is 13.0. The molecule has 0 aliphatic carbocycles. The van der Waals surface area contributed by atoms with E-state index in [2.05, 4.69) is 4.74 Å². The lowest BCUT2D eigenvalue weighted by molar-refractivity contribution is -0.156. The zero-order valence-corrected chi connectivity index (χ0v) is 9.13. The molecule has 0 spiro atoms. The lowest BCUT2D eigenvalue weighted by Gasteiger charge is -2.17. The van der Waals surface area contributed by atoms with Gasteiger partial charge in [0.2, 0.25) is 0 Å². The highest BCUT2D eigenvalue weighted by Gasteiger charge is 2.29. The fraction of sp³-hybridized carbons (Fsp3) is 0.364. The number of hydrogen-bond acceptors (Lipinski definition) is 5. The van der Waals surface area contributed by atoms with E-state index in [0.717, 1.165) is 7.11 Å². The van der Waals surface area contributed by atoms with E-state index in [4.69, 9.17) is 5.11 Å². The fourth-order valence-corrected chi connectivity index (χ4v) is 1.37. The van der Waals surface area contributed by atoms with Gasteiger partial charge in [0, 0.05) is 11.1 Å². The molecule has 0 aliphatic heterocycles. The highest BCUT2D eigenvalue weighted by molar-refractivity contribution is 5.75. The van der Waals surface area contributed by atoms with Gasteiger partial charge in [-0.1, -0.05) is 18.2 Å². The first kappa shape index (κ1) is 13.6. The quantitative estimate of drug-likeness (QED) is 0.643. The molecule has 0 aromatic heterocycles. The molecule has 5 nitrogen and oxygen atoms in total. The molecule has 1 rings (SSSR count). The predicted molar refractivity (Wildman–Crippen MR) is 55.3 cm³/mol. The van der Waals surface area contributed by atoms with Crippen LogP contribution < -0.4 is 0 Å². The highest BCUT2D eigenvalue weighted by atomic mass is 19.1. The van der Waals surface area contributed by atoms with Crippen molar-refractivity contribution in [2.75, 3.05) is 7.11 Å². The Kier molecular flexibility index (Phi) is 4.56. The van der Waals surface area contributed by atoms with Crippen LogP contribution in [-0.2, 0) is 16.1 Å². The van der Waals surface area contributed by atoms with Crippen LogP contribution >= 0.6 is 0 Å². The van der Waals surface area contributed by atoms with Gasteiger partial charge in [0.15, 0.2) is 6.10 Å². The van der Waals surface area contributed by atoms with Crippen LogP contribution in [0.15, 0.2) is 18.2 Å². The van der Waals surface area contributed by atoms with Crippen LogP contribution in [0.4, 0.5) is 4.39 Å². The predicted octanol–water partition coefficient (Wildman–Crippen LogP) is -0.115. The molecule has 0 amide bonds. The van der Waals surface area contributed by atoms with Gasteiger partial charge in [0.05, 0.1) is 13.7 Å². The van der Waals surface area contributed by atoms with Crippen molar-refractivity contribution in [2.24, 2.45) is 0 Å². The molecule has 3 N–H and O–H groups in total. The van der Waals surface area contributed by atoms with E-state index in [0.29, 0.717) is 0 Å². The van der Waals surface area contributed by atoms with Gasteiger partial charge in [0.25, 0.3) is 0 Å². The number of carbonyl (C=O) groups is 1. The van der Waals surface area contributed by atoms with Gasteiger partial charge in [-0.3, -0.25) is 0 Å². The smallest absolute Gasteiger partial charge is 0.337 e. The zero-order valence-electron chi connectivity index (χ0n) is 9.13. The van der Waals surface area contributed by atoms with Crippen molar-refractivity contribution < 1.29 is 29.2 Å². The summed E-state index contributed by atoms with van der Waals surface area (Å²) >= 11 is 0. The number of hydrogen-bond donors (Lipinski definition) is 3. The molecule has 1 aromatic rings. The van der Waals surface area contributed by atoms with E-state index in [1.54, 1.807) is 0 Å². The van der Waals surface area contributed by atoms with Crippen molar-refractivity contribution in [1.82, 2.24) is 0 Å². The molecule has 0 radical (unpaired) electrons. The third-order valence-electron chi connectivity index (χ3n) is 2.34. The number of carbonyl (C=O) groups excluding carboxylic acids is 1. The summed E-state index contributed by atoms with van der Waals surface area (Å²) in [5.74, 6) is -1.92. The highest BCUT2D eigenvalue weighted by Crippen LogP contribution is 2.23. The summed E-state index contributed by atoms with van der Waals surface area (Å²) < 4.78 is 17.9. The van der Waals surface area contributed by atoms with Crippen LogP contribution in [0.1, 0.15) is 17.2 Å². The summed E-state index contributed by atoms with van der Waals surface area (Å²) in [6, 6.07) is 3.94. The maximum atomic E-state index is 13.7. The number of benzene rings is 1. The Morgan fingerprint density at radius 2 is 2.12 bits per heavy atom. The number of ether oxygens (including phenoxy) is 1. The molecular weight excluding hydrogens is 231 g/mol. The van der Waals surface area contributed by atoms with E-state index in [9.17, 15) is 19.4 Å². The average Bonchev–Trinajstić information content (AvgIpc) is 2.36. The van der Waals surface area contributed by atoms with Gasteiger partial charge in [-0.25, -0.2) is 9.18 Å². The van der Waals surface area contributed by atoms with Crippen molar-refractivity contribution in [3.05, 3.63) is 35.1 Å². The van der Waals surface area contributed by atoms with E-state index in [1.807, 2.05) is 0 Å². The first-order valence-corrected chi connectivity index (χ1v) is 4.85. The molecular formula is C11H13FO5. The van der Waals surface area contributed by atoms with E-state index in [1.165, 1.54) is 18.2 Å². The molecule has 2 atom stereocenters. The maximum absolute atomic E-state index is 13.7. The minimum absolute atomic E-state index is 0.0291. The molecule has 0 bridgehead atoms. The topological polar surface area (TPSA) is 87.0 Å². The van der Waals surface area contributed by atoms with Gasteiger partial charge < -0.3 is 20.1 Å². The SMILES string of the molecule is COC(=O)C(O)C(O)c1cccc(CO)c1F. The first-order valence-electron chi connectivity index (χ1n) is 4.85. The molecule has 0 heterocycles. The first-order chi connectivity index (χ1) is 8.02. The Bertz CT molecular complexity index is 407. The second-order valence-electron chi connectivity index (χ2n) is 3.39. The van der Waals surface area contributed by atoms with Gasteiger partial charge in [-0.15, -0.1) is 0 Å². The van der Waals surface area contributed by atoms with E-state index < -0.39 is 30.6 Å². The summed E-state index contributed by atoms with van der Waals surface area (Å²) in [6.45, 7) is -0.541. The molecule has 17 heavy (non-hydrogen) atoms. The van der Waals surface area contributed by atoms with Gasteiger partial charge in [0.1, 0.15) is 11.9 Å². The molecule has 1 aromatic carbocycles. The molecule has 0 aliphatic rings. The van der Waals surface area contributed by atoms with Crippen molar-refractivity contribution in [1.29, 1.82) is 0 Å². The minimum atomic E-state index is -1.87. The minimum Gasteiger partial charge on any atom is -0.467 e. The van der Waals surface area contributed by atoms with Crippen LogP contribution in [0.3, 0.4) is 0 Å². The Balaban J connectivity index is 3.04. The summed E-state index contributed by atoms with van der Waals surface area (Å²) in [7, 11) is 1.04. The van der Waals surface area contributed by atoms with Crippen LogP contribution in [0.25, 0.3) is 0 Å². The number of halogens is 1. The Labute approximate surface area is 97.1 Å². The van der Waals surface area contributed by atoms with Crippen molar-refractivity contribution in [3.8, 4) is 0 Å². The van der Waals surface area contributed by atoms with Crippen LogP contribution in [0, 0.1) is 5.82 Å². The third-order valence-corrected chi connectivity index (χ3v) is 2.34. The molecule has 0 saturated carbocycles. The summed E-state index contributed by atoms with van der Waals surface area (Å²) in [5, 5.41) is 27.8. The van der Waals surface area contributed by atoms with Crippen molar-refractivity contribution >= 4 is 5.97 Å². The standard InChI is InChI=1S/C11H13FO5/c1-17-11(16)10(15)9(14)7-4-2-3-6(5-13)8(7)12/h2-4,9-10,13-15H,5H2,1H3. The van der Waals surface area contributed by atoms with E-state index in [-0.39, 0.29) is 11.1 Å². The van der Waals surface area contributed by atoms with Crippen LogP contribution in [0.5, 0.6) is 0 Å². The van der Waals surface area contributed by atoms with Gasteiger partial charge in [-0.05, 0) is 0 Å². The Morgan fingerprint density at radius 1 is 1.47 bits per heavy atom. The van der Waals surface area contributed by atoms with Gasteiger partial charge >= 0.3 is 5.97 Å². The van der Waals surface area contributed by atoms with Crippen molar-refractivity contribution in [3.63, 3.8) is 0 Å². The van der Waals surface area contributed by atoms with E-state index >= 15 is 0 Å². The largest absolute Gasteiger partial charge is 0.467 e. The summed E-state index contributed by atoms with van der Waals surface area (Å²) in [4.78, 5) is 11.0. The molecule has 2 unspecified atom stereocenters. The lowest BCUT2D eigenvalue weighted by Crippen LogP contribution is -2.29. The third kappa shape index (κ3) is 2.79. The summed E-state index contributed by atoms with van der Waals surface area (Å²) in [6.07, 6.45) is -3.61. The monoisotopic (exact) mass is 244 g/mol.